The molecule has 6 heteroatoms. The van der Waals surface area contributed by atoms with Crippen molar-refractivity contribution in [2.75, 3.05) is 18.0 Å². The molecule has 0 radical (unpaired) electrons. The molecule has 0 aromatic carbocycles. The lowest BCUT2D eigenvalue weighted by Gasteiger charge is -2.18. The Bertz CT molecular complexity index is 720. The van der Waals surface area contributed by atoms with Crippen molar-refractivity contribution in [3.63, 3.8) is 0 Å². The first-order valence-electron chi connectivity index (χ1n) is 8.30. The fraction of sp³-hybridized carbons (Fsp3) is 0.500. The van der Waals surface area contributed by atoms with Crippen molar-refractivity contribution in [1.29, 1.82) is 0 Å². The van der Waals surface area contributed by atoms with Gasteiger partial charge < -0.3 is 14.7 Å². The molecule has 0 unspecified atom stereocenters. The number of ether oxygens (including phenoxy) is 1. The number of nitrogens with zero attached hydrogens (tertiary/aromatic N) is 4. The van der Waals surface area contributed by atoms with Crippen LogP contribution in [0.2, 0.25) is 0 Å². The molecule has 3 heterocycles. The van der Waals surface area contributed by atoms with Gasteiger partial charge in [0.25, 0.3) is 0 Å². The number of β-amino-alcohol motifs (C(OH)–C–C–N with tert-alkyl or cyclic N) is 1. The zero-order valence-corrected chi connectivity index (χ0v) is 14.6. The topological polar surface area (TPSA) is 71.4 Å². The van der Waals surface area contributed by atoms with Crippen LogP contribution in [0.25, 0.3) is 11.3 Å². The third kappa shape index (κ3) is 3.55. The van der Waals surface area contributed by atoms with Gasteiger partial charge >= 0.3 is 0 Å². The predicted octanol–water partition coefficient (Wildman–Crippen LogP) is 2.13. The van der Waals surface area contributed by atoms with E-state index < -0.39 is 6.10 Å². The molecule has 0 amide bonds. The van der Waals surface area contributed by atoms with Crippen molar-refractivity contribution in [2.45, 2.75) is 46.0 Å². The quantitative estimate of drug-likeness (QED) is 0.927. The molecule has 0 bridgehead atoms. The summed E-state index contributed by atoms with van der Waals surface area (Å²) in [6.07, 6.45) is 1.10. The maximum Gasteiger partial charge on any atom is 0.226 e. The van der Waals surface area contributed by atoms with Crippen LogP contribution in [-0.2, 0) is 4.74 Å². The highest BCUT2D eigenvalue weighted by atomic mass is 16.5. The third-order valence-corrected chi connectivity index (χ3v) is 4.11. The van der Waals surface area contributed by atoms with E-state index in [-0.39, 0.29) is 12.2 Å². The zero-order valence-electron chi connectivity index (χ0n) is 14.6. The number of aliphatic hydroxyl groups is 1. The predicted molar refractivity (Wildman–Crippen MR) is 93.0 cm³/mol. The van der Waals surface area contributed by atoms with Gasteiger partial charge in [-0.1, -0.05) is 0 Å². The maximum atomic E-state index is 10.2. The molecular formula is C18H24N4O2. The van der Waals surface area contributed by atoms with Crippen molar-refractivity contribution >= 4 is 5.95 Å². The summed E-state index contributed by atoms with van der Waals surface area (Å²) in [7, 11) is 0. The van der Waals surface area contributed by atoms with Gasteiger partial charge in [-0.25, -0.2) is 9.97 Å². The summed E-state index contributed by atoms with van der Waals surface area (Å²) >= 11 is 0. The minimum absolute atomic E-state index is 0.0816. The van der Waals surface area contributed by atoms with Gasteiger partial charge in [0.2, 0.25) is 5.95 Å². The Hall–Kier alpha value is -2.05. The highest BCUT2D eigenvalue weighted by Crippen LogP contribution is 2.24. The molecule has 1 N–H and O–H groups in total. The Morgan fingerprint density at radius 3 is 2.67 bits per heavy atom. The van der Waals surface area contributed by atoms with E-state index in [1.54, 1.807) is 6.20 Å². The summed E-state index contributed by atoms with van der Waals surface area (Å²) < 4.78 is 5.77. The minimum atomic E-state index is -0.526. The molecule has 3 rings (SSSR count). The number of rotatable bonds is 4. The number of aromatic nitrogens is 3. The number of anilines is 1. The molecule has 1 aliphatic rings. The van der Waals surface area contributed by atoms with Crippen LogP contribution in [0.5, 0.6) is 0 Å². The first kappa shape index (κ1) is 16.8. The van der Waals surface area contributed by atoms with Gasteiger partial charge in [-0.3, -0.25) is 4.98 Å². The molecule has 0 aliphatic carbocycles. The van der Waals surface area contributed by atoms with Gasteiger partial charge in [0.1, 0.15) is 6.10 Å². The lowest BCUT2D eigenvalue weighted by molar-refractivity contribution is -0.0386. The zero-order chi connectivity index (χ0) is 17.3. The summed E-state index contributed by atoms with van der Waals surface area (Å²) in [5, 5.41) is 10.2. The molecule has 128 valence electrons. The average molecular weight is 328 g/mol. The van der Waals surface area contributed by atoms with E-state index in [0.717, 1.165) is 22.6 Å². The van der Waals surface area contributed by atoms with Crippen molar-refractivity contribution in [3.8, 4) is 11.3 Å². The second-order valence-electron chi connectivity index (χ2n) is 6.52. The van der Waals surface area contributed by atoms with E-state index in [1.807, 2.05) is 50.8 Å². The smallest absolute Gasteiger partial charge is 0.226 e. The van der Waals surface area contributed by atoms with Crippen molar-refractivity contribution in [1.82, 2.24) is 15.0 Å². The number of pyridine rings is 1. The van der Waals surface area contributed by atoms with Crippen molar-refractivity contribution < 1.29 is 9.84 Å². The molecule has 24 heavy (non-hydrogen) atoms. The number of hydrogen-bond donors (Lipinski definition) is 1. The molecule has 6 nitrogen and oxygen atoms in total. The molecule has 0 spiro atoms. The molecule has 1 fully saturated rings. The molecule has 2 aromatic rings. The Morgan fingerprint density at radius 1 is 1.17 bits per heavy atom. The molecule has 2 aromatic heterocycles. The number of hydrogen-bond acceptors (Lipinski definition) is 6. The second kappa shape index (κ2) is 6.83. The Balaban J connectivity index is 1.83. The standard InChI is InChI=1S/C18H24N4O2/c1-11(2)24-17-10-22(9-16(17)23)18-19-8-7-15(21-18)14-6-5-12(3)20-13(14)4/h5-8,11,16-17,23H,9-10H2,1-4H3/t16-,17-/m1/s1. The van der Waals surface area contributed by atoms with E-state index in [4.69, 9.17) is 4.74 Å². The lowest BCUT2D eigenvalue weighted by atomic mass is 10.1. The lowest BCUT2D eigenvalue weighted by Crippen LogP contribution is -2.29. The van der Waals surface area contributed by atoms with E-state index in [2.05, 4.69) is 15.0 Å². The van der Waals surface area contributed by atoms with Gasteiger partial charge in [0.15, 0.2) is 0 Å². The summed E-state index contributed by atoms with van der Waals surface area (Å²) in [6, 6.07) is 5.90. The van der Waals surface area contributed by atoms with Crippen LogP contribution in [0.15, 0.2) is 24.4 Å². The Labute approximate surface area is 142 Å². The van der Waals surface area contributed by atoms with Gasteiger partial charge in [0, 0.05) is 36.2 Å². The summed E-state index contributed by atoms with van der Waals surface area (Å²) in [4.78, 5) is 15.5. The molecular weight excluding hydrogens is 304 g/mol. The fourth-order valence-electron chi connectivity index (χ4n) is 3.01. The van der Waals surface area contributed by atoms with Crippen LogP contribution >= 0.6 is 0 Å². The minimum Gasteiger partial charge on any atom is -0.388 e. The largest absolute Gasteiger partial charge is 0.388 e. The SMILES string of the molecule is Cc1ccc(-c2ccnc(N3C[C@@H](O)[C@H](OC(C)C)C3)n2)c(C)n1. The van der Waals surface area contributed by atoms with Crippen LogP contribution < -0.4 is 4.90 Å². The van der Waals surface area contributed by atoms with Crippen molar-refractivity contribution in [3.05, 3.63) is 35.8 Å². The maximum absolute atomic E-state index is 10.2. The Morgan fingerprint density at radius 2 is 1.96 bits per heavy atom. The first-order valence-corrected chi connectivity index (χ1v) is 8.30. The monoisotopic (exact) mass is 328 g/mol. The molecule has 1 saturated heterocycles. The Kier molecular flexibility index (Phi) is 4.78. The highest BCUT2D eigenvalue weighted by Gasteiger charge is 2.34. The molecule has 0 saturated carbocycles. The highest BCUT2D eigenvalue weighted by molar-refractivity contribution is 5.62. The summed E-state index contributed by atoms with van der Waals surface area (Å²) in [5.74, 6) is 0.612. The fourth-order valence-corrected chi connectivity index (χ4v) is 3.01. The normalized spacial score (nSPS) is 20.8. The molecule has 2 atom stereocenters. The van der Waals surface area contributed by atoms with Gasteiger partial charge in [-0.05, 0) is 45.9 Å². The van der Waals surface area contributed by atoms with Crippen LogP contribution in [0.3, 0.4) is 0 Å². The van der Waals surface area contributed by atoms with E-state index in [0.29, 0.717) is 19.0 Å². The number of aryl methyl sites for hydroxylation is 2. The number of aliphatic hydroxyl groups excluding tert-OH is 1. The van der Waals surface area contributed by atoms with Crippen LogP contribution in [0.1, 0.15) is 25.2 Å². The average Bonchev–Trinajstić information content (AvgIpc) is 2.88. The van der Waals surface area contributed by atoms with Gasteiger partial charge in [0.05, 0.1) is 17.9 Å². The molecule has 1 aliphatic heterocycles. The second-order valence-corrected chi connectivity index (χ2v) is 6.52. The summed E-state index contributed by atoms with van der Waals surface area (Å²) in [6.45, 7) is 8.97. The first-order chi connectivity index (χ1) is 11.4. The van der Waals surface area contributed by atoms with Crippen molar-refractivity contribution in [2.24, 2.45) is 0 Å². The van der Waals surface area contributed by atoms with Crippen LogP contribution in [-0.4, -0.2) is 51.5 Å². The van der Waals surface area contributed by atoms with E-state index >= 15 is 0 Å². The van der Waals surface area contributed by atoms with Gasteiger partial charge in [-0.2, -0.15) is 0 Å². The van der Waals surface area contributed by atoms with E-state index in [9.17, 15) is 5.11 Å². The van der Waals surface area contributed by atoms with Crippen LogP contribution in [0.4, 0.5) is 5.95 Å². The third-order valence-electron chi connectivity index (χ3n) is 4.11. The van der Waals surface area contributed by atoms with Gasteiger partial charge in [-0.15, -0.1) is 0 Å². The van der Waals surface area contributed by atoms with Crippen LogP contribution in [0, 0.1) is 13.8 Å². The summed E-state index contributed by atoms with van der Waals surface area (Å²) in [5.41, 5.74) is 3.77. The van der Waals surface area contributed by atoms with E-state index in [1.165, 1.54) is 0 Å².